The van der Waals surface area contributed by atoms with Crippen LogP contribution in [0.1, 0.15) is 29.3 Å². The van der Waals surface area contributed by atoms with Gasteiger partial charge in [0.05, 0.1) is 11.7 Å². The number of benzene rings is 1. The lowest BCUT2D eigenvalue weighted by molar-refractivity contribution is -0.119. The largest absolute Gasteiger partial charge is 0.307 e. The molecule has 3 heterocycles. The van der Waals surface area contributed by atoms with Crippen LogP contribution in [0.15, 0.2) is 35.4 Å². The van der Waals surface area contributed by atoms with E-state index in [4.69, 9.17) is 0 Å². The highest BCUT2D eigenvalue weighted by Gasteiger charge is 2.31. The van der Waals surface area contributed by atoms with Crippen molar-refractivity contribution in [3.05, 3.63) is 57.0 Å². The van der Waals surface area contributed by atoms with Crippen LogP contribution in [0.3, 0.4) is 0 Å². The molecule has 5 rings (SSSR count). The van der Waals surface area contributed by atoms with Crippen molar-refractivity contribution in [2.45, 2.75) is 45.2 Å². The molecular formula is C20H19N3O2S. The number of carbonyl (C=O) groups is 1. The Morgan fingerprint density at radius 2 is 2.15 bits per heavy atom. The maximum absolute atomic E-state index is 13.0. The average molecular weight is 365 g/mol. The van der Waals surface area contributed by atoms with E-state index in [1.165, 1.54) is 21.3 Å². The average Bonchev–Trinajstić information content (AvgIpc) is 3.28. The third kappa shape index (κ3) is 2.25. The number of carbonyl (C=O) groups excluding carboxylic acids is 1. The first-order valence-corrected chi connectivity index (χ1v) is 9.85. The normalized spacial score (nSPS) is 18.3. The molecule has 0 saturated carbocycles. The van der Waals surface area contributed by atoms with Crippen molar-refractivity contribution in [3.8, 4) is 0 Å². The zero-order valence-corrected chi connectivity index (χ0v) is 15.4. The molecule has 1 aliphatic carbocycles. The Hall–Kier alpha value is -2.47. The van der Waals surface area contributed by atoms with E-state index in [1.54, 1.807) is 11.3 Å². The Morgan fingerprint density at radius 1 is 1.31 bits per heavy atom. The minimum absolute atomic E-state index is 0.0328. The van der Waals surface area contributed by atoms with Crippen LogP contribution >= 0.6 is 11.3 Å². The van der Waals surface area contributed by atoms with Gasteiger partial charge in [-0.3, -0.25) is 14.2 Å². The number of aryl methyl sites for hydroxylation is 2. The Labute approximate surface area is 154 Å². The van der Waals surface area contributed by atoms with Crippen LogP contribution < -0.4 is 10.5 Å². The lowest BCUT2D eigenvalue weighted by Crippen LogP contribution is -2.40. The molecule has 26 heavy (non-hydrogen) atoms. The van der Waals surface area contributed by atoms with Gasteiger partial charge in [-0.25, -0.2) is 4.98 Å². The van der Waals surface area contributed by atoms with Gasteiger partial charge in [-0.05, 0) is 49.8 Å². The molecule has 0 unspecified atom stereocenters. The van der Waals surface area contributed by atoms with Crippen molar-refractivity contribution in [2.75, 3.05) is 4.90 Å². The Kier molecular flexibility index (Phi) is 3.50. The van der Waals surface area contributed by atoms with E-state index in [0.29, 0.717) is 0 Å². The molecule has 1 atom stereocenters. The minimum Gasteiger partial charge on any atom is -0.307 e. The predicted octanol–water partition coefficient (Wildman–Crippen LogP) is 2.92. The summed E-state index contributed by atoms with van der Waals surface area (Å²) in [4.78, 5) is 34.4. The monoisotopic (exact) mass is 365 g/mol. The maximum atomic E-state index is 13.0. The van der Waals surface area contributed by atoms with E-state index in [9.17, 15) is 9.59 Å². The zero-order valence-electron chi connectivity index (χ0n) is 14.6. The molecular weight excluding hydrogens is 346 g/mol. The molecule has 0 fully saturated rings. The molecule has 1 amide bonds. The van der Waals surface area contributed by atoms with Gasteiger partial charge in [-0.1, -0.05) is 18.2 Å². The van der Waals surface area contributed by atoms with Gasteiger partial charge in [0, 0.05) is 16.6 Å². The Morgan fingerprint density at radius 3 is 3.04 bits per heavy atom. The fourth-order valence-electron chi connectivity index (χ4n) is 4.30. The second kappa shape index (κ2) is 5.77. The highest BCUT2D eigenvalue weighted by molar-refractivity contribution is 7.18. The zero-order chi connectivity index (χ0) is 17.8. The summed E-state index contributed by atoms with van der Waals surface area (Å²) in [7, 11) is 0. The van der Waals surface area contributed by atoms with Gasteiger partial charge in [0.25, 0.3) is 5.56 Å². The van der Waals surface area contributed by atoms with Crippen LogP contribution in [-0.2, 0) is 30.6 Å². The summed E-state index contributed by atoms with van der Waals surface area (Å²) in [5.74, 6) is -0.0578. The lowest BCUT2D eigenvalue weighted by Gasteiger charge is -2.23. The van der Waals surface area contributed by atoms with Crippen molar-refractivity contribution in [1.29, 1.82) is 0 Å². The molecule has 0 spiro atoms. The summed E-state index contributed by atoms with van der Waals surface area (Å²) in [5, 5.41) is 0.729. The topological polar surface area (TPSA) is 55.2 Å². The number of nitrogens with zero attached hydrogens (tertiary/aromatic N) is 3. The van der Waals surface area contributed by atoms with E-state index in [0.717, 1.165) is 47.2 Å². The molecule has 0 saturated heterocycles. The molecule has 1 aliphatic heterocycles. The third-order valence-electron chi connectivity index (χ3n) is 5.47. The minimum atomic E-state index is -0.0807. The third-order valence-corrected chi connectivity index (χ3v) is 6.67. The first kappa shape index (κ1) is 15.8. The molecule has 1 aromatic carbocycles. The fourth-order valence-corrected chi connectivity index (χ4v) is 5.52. The summed E-state index contributed by atoms with van der Waals surface area (Å²) in [6, 6.07) is 8.10. The fraction of sp³-hybridized carbons (Fsp3) is 0.350. The summed E-state index contributed by atoms with van der Waals surface area (Å²) in [6.07, 6.45) is 5.47. The molecule has 0 radical (unpaired) electrons. The van der Waals surface area contributed by atoms with Crippen molar-refractivity contribution < 1.29 is 4.79 Å². The second-order valence-electron chi connectivity index (χ2n) is 7.16. The van der Waals surface area contributed by atoms with Crippen LogP contribution in [0.25, 0.3) is 10.2 Å². The van der Waals surface area contributed by atoms with Gasteiger partial charge in [0.2, 0.25) is 5.91 Å². The van der Waals surface area contributed by atoms with Crippen LogP contribution in [0, 0.1) is 0 Å². The van der Waals surface area contributed by atoms with Gasteiger partial charge in [0.15, 0.2) is 0 Å². The number of hydrogen-bond acceptors (Lipinski definition) is 4. The molecule has 5 nitrogen and oxygen atoms in total. The van der Waals surface area contributed by atoms with Crippen LogP contribution in [0.5, 0.6) is 0 Å². The highest BCUT2D eigenvalue weighted by atomic mass is 32.1. The van der Waals surface area contributed by atoms with Crippen LogP contribution in [0.2, 0.25) is 0 Å². The van der Waals surface area contributed by atoms with Crippen LogP contribution in [0.4, 0.5) is 5.69 Å². The molecule has 0 N–H and O–H groups in total. The number of amides is 1. The molecule has 0 bridgehead atoms. The summed E-state index contributed by atoms with van der Waals surface area (Å²) in [5.41, 5.74) is 3.22. The summed E-state index contributed by atoms with van der Waals surface area (Å²) < 4.78 is 1.48. The predicted molar refractivity (Wildman–Crippen MR) is 103 cm³/mol. The second-order valence-corrected chi connectivity index (χ2v) is 8.24. The van der Waals surface area contributed by atoms with Gasteiger partial charge in [-0.15, -0.1) is 11.3 Å². The molecule has 6 heteroatoms. The van der Waals surface area contributed by atoms with Crippen molar-refractivity contribution in [2.24, 2.45) is 0 Å². The van der Waals surface area contributed by atoms with Gasteiger partial charge >= 0.3 is 0 Å². The van der Waals surface area contributed by atoms with E-state index in [-0.39, 0.29) is 24.1 Å². The number of hydrogen-bond donors (Lipinski definition) is 0. The van der Waals surface area contributed by atoms with Crippen molar-refractivity contribution in [3.63, 3.8) is 0 Å². The Balaban J connectivity index is 1.51. The molecule has 3 aromatic rings. The highest BCUT2D eigenvalue weighted by Crippen LogP contribution is 2.34. The van der Waals surface area contributed by atoms with Gasteiger partial charge < -0.3 is 4.90 Å². The number of rotatable bonds is 2. The number of fused-ring (bicyclic) bond motifs is 4. The smallest absolute Gasteiger partial charge is 0.262 e. The van der Waals surface area contributed by atoms with E-state index in [2.05, 4.69) is 11.1 Å². The van der Waals surface area contributed by atoms with Crippen molar-refractivity contribution in [1.82, 2.24) is 9.55 Å². The molecule has 2 aliphatic rings. The first-order chi connectivity index (χ1) is 12.6. The molecule has 132 valence electrons. The van der Waals surface area contributed by atoms with E-state index in [1.807, 2.05) is 30.0 Å². The lowest BCUT2D eigenvalue weighted by atomic mass is 10.1. The number of anilines is 1. The number of aromatic nitrogens is 2. The van der Waals surface area contributed by atoms with Crippen LogP contribution in [-0.4, -0.2) is 21.5 Å². The summed E-state index contributed by atoms with van der Waals surface area (Å²) >= 11 is 1.62. The summed E-state index contributed by atoms with van der Waals surface area (Å²) in [6.45, 7) is 2.08. The quantitative estimate of drug-likeness (QED) is 0.702. The molecule has 2 aromatic heterocycles. The number of para-hydroxylation sites is 1. The van der Waals surface area contributed by atoms with Crippen molar-refractivity contribution >= 4 is 33.1 Å². The first-order valence-electron chi connectivity index (χ1n) is 9.03. The van der Waals surface area contributed by atoms with Gasteiger partial charge in [0.1, 0.15) is 11.4 Å². The van der Waals surface area contributed by atoms with E-state index >= 15 is 0 Å². The van der Waals surface area contributed by atoms with Gasteiger partial charge in [-0.2, -0.15) is 0 Å². The maximum Gasteiger partial charge on any atom is 0.262 e. The standard InChI is InChI=1S/C20H19N3O2S/c1-12-9-13-5-2-3-7-15(13)23(12)17(24)10-22-11-21-19-18(20(22)25)14-6-4-8-16(14)26-19/h2-3,5,7,11-12H,4,6,8-10H2,1H3/t12-/m1/s1. The SMILES string of the molecule is C[C@@H]1Cc2ccccc2N1C(=O)Cn1cnc2sc3c(c2c1=O)CCC3. The Bertz CT molecular complexity index is 1100. The van der Waals surface area contributed by atoms with E-state index < -0.39 is 0 Å². The number of thiophene rings is 1.